The van der Waals surface area contributed by atoms with E-state index in [2.05, 4.69) is 5.32 Å². The van der Waals surface area contributed by atoms with Crippen LogP contribution in [0, 0.1) is 0 Å². The van der Waals surface area contributed by atoms with E-state index in [9.17, 15) is 9.59 Å². The molecule has 0 bridgehead atoms. The van der Waals surface area contributed by atoms with Gasteiger partial charge in [-0.15, -0.1) is 0 Å². The van der Waals surface area contributed by atoms with Crippen LogP contribution in [-0.2, 0) is 9.59 Å². The molecule has 2 unspecified atom stereocenters. The summed E-state index contributed by atoms with van der Waals surface area (Å²) in [4.78, 5) is 25.4. The quantitative estimate of drug-likeness (QED) is 0.721. The van der Waals surface area contributed by atoms with Crippen molar-refractivity contribution in [3.8, 4) is 0 Å². The lowest BCUT2D eigenvalue weighted by molar-refractivity contribution is -0.132. The molecule has 3 rings (SSSR count). The molecule has 2 aliphatic heterocycles. The summed E-state index contributed by atoms with van der Waals surface area (Å²) in [5.41, 5.74) is 5.77. The summed E-state index contributed by atoms with van der Waals surface area (Å²) in [6.07, 6.45) is 1.32. The number of amides is 2. The molecule has 2 saturated heterocycles. The number of hydrogen-bond donors (Lipinski definition) is 2. The van der Waals surface area contributed by atoms with Crippen molar-refractivity contribution in [2.24, 2.45) is 5.73 Å². The van der Waals surface area contributed by atoms with Crippen molar-refractivity contribution in [2.75, 3.05) is 11.4 Å². The van der Waals surface area contributed by atoms with Crippen molar-refractivity contribution < 1.29 is 9.59 Å². The fraction of sp³-hybridized carbons (Fsp3) is 0.385. The molecule has 3 N–H and O–H groups in total. The molecule has 2 atom stereocenters. The molecule has 1 aromatic carbocycles. The highest BCUT2D eigenvalue weighted by Gasteiger charge is 2.58. The van der Waals surface area contributed by atoms with Crippen molar-refractivity contribution >= 4 is 17.5 Å². The smallest absolute Gasteiger partial charge is 0.247 e. The second-order valence-electron chi connectivity index (χ2n) is 4.88. The van der Waals surface area contributed by atoms with Crippen LogP contribution < -0.4 is 16.0 Å². The molecule has 2 fully saturated rings. The molecule has 2 aliphatic rings. The summed E-state index contributed by atoms with van der Waals surface area (Å²) in [7, 11) is 0. The van der Waals surface area contributed by atoms with Crippen LogP contribution in [0.3, 0.4) is 0 Å². The molecule has 5 nitrogen and oxygen atoms in total. The molecule has 0 saturated carbocycles. The van der Waals surface area contributed by atoms with E-state index in [-0.39, 0.29) is 11.8 Å². The average molecular weight is 245 g/mol. The van der Waals surface area contributed by atoms with Gasteiger partial charge in [-0.1, -0.05) is 18.2 Å². The number of nitrogens with one attached hydrogen (secondary N) is 1. The van der Waals surface area contributed by atoms with Gasteiger partial charge in [-0.25, -0.2) is 0 Å². The highest BCUT2D eigenvalue weighted by molar-refractivity contribution is 6.00. The fourth-order valence-corrected chi connectivity index (χ4v) is 2.97. The Morgan fingerprint density at radius 3 is 2.61 bits per heavy atom. The number of nitrogens with zero attached hydrogens (tertiary/aromatic N) is 1. The van der Waals surface area contributed by atoms with Crippen molar-refractivity contribution in [1.29, 1.82) is 0 Å². The lowest BCUT2D eigenvalue weighted by Crippen LogP contribution is -2.72. The molecule has 2 amide bonds. The van der Waals surface area contributed by atoms with Gasteiger partial charge in [-0.05, 0) is 25.0 Å². The van der Waals surface area contributed by atoms with Crippen LogP contribution in [0.2, 0.25) is 0 Å². The van der Waals surface area contributed by atoms with Crippen LogP contribution in [0.4, 0.5) is 5.69 Å². The Morgan fingerprint density at radius 1 is 1.39 bits per heavy atom. The van der Waals surface area contributed by atoms with E-state index in [1.807, 2.05) is 35.2 Å². The third-order valence-corrected chi connectivity index (χ3v) is 3.93. The molecule has 0 radical (unpaired) electrons. The van der Waals surface area contributed by atoms with Gasteiger partial charge in [0.2, 0.25) is 11.8 Å². The normalized spacial score (nSPS) is 30.1. The van der Waals surface area contributed by atoms with Gasteiger partial charge in [0.05, 0.1) is 0 Å². The third kappa shape index (κ3) is 1.33. The number of hydrogen-bond acceptors (Lipinski definition) is 3. The van der Waals surface area contributed by atoms with E-state index in [1.54, 1.807) is 0 Å². The minimum Gasteiger partial charge on any atom is -0.368 e. The van der Waals surface area contributed by atoms with Crippen LogP contribution in [0.25, 0.3) is 0 Å². The van der Waals surface area contributed by atoms with Gasteiger partial charge in [0, 0.05) is 12.2 Å². The van der Waals surface area contributed by atoms with E-state index in [1.165, 1.54) is 0 Å². The van der Waals surface area contributed by atoms with Gasteiger partial charge in [-0.3, -0.25) is 9.59 Å². The maximum Gasteiger partial charge on any atom is 0.247 e. The number of carbonyl (C=O) groups is 2. The fourth-order valence-electron chi connectivity index (χ4n) is 2.97. The molecule has 0 aliphatic carbocycles. The molecule has 2 heterocycles. The summed E-state index contributed by atoms with van der Waals surface area (Å²) in [5, 5.41) is 2.77. The number of benzene rings is 1. The van der Waals surface area contributed by atoms with Gasteiger partial charge >= 0.3 is 0 Å². The van der Waals surface area contributed by atoms with E-state index in [0.29, 0.717) is 19.4 Å². The van der Waals surface area contributed by atoms with E-state index >= 15 is 0 Å². The van der Waals surface area contributed by atoms with Crippen molar-refractivity contribution in [3.63, 3.8) is 0 Å². The van der Waals surface area contributed by atoms with E-state index in [4.69, 9.17) is 5.73 Å². The van der Waals surface area contributed by atoms with Crippen LogP contribution in [0.15, 0.2) is 30.3 Å². The Bertz CT molecular complexity index is 502. The Balaban J connectivity index is 2.04. The molecular formula is C13H15N3O2. The summed E-state index contributed by atoms with van der Waals surface area (Å²) >= 11 is 0. The Kier molecular flexibility index (Phi) is 2.29. The van der Waals surface area contributed by atoms with Gasteiger partial charge in [0.15, 0.2) is 0 Å². The van der Waals surface area contributed by atoms with Gasteiger partial charge in [0.25, 0.3) is 0 Å². The Hall–Kier alpha value is -2.04. The predicted octanol–water partition coefficient (Wildman–Crippen LogP) is 0.00930. The number of rotatable bonds is 2. The maximum absolute atomic E-state index is 11.9. The van der Waals surface area contributed by atoms with E-state index < -0.39 is 11.6 Å². The third-order valence-electron chi connectivity index (χ3n) is 3.93. The van der Waals surface area contributed by atoms with Gasteiger partial charge in [-0.2, -0.15) is 0 Å². The predicted molar refractivity (Wildman–Crippen MR) is 66.9 cm³/mol. The van der Waals surface area contributed by atoms with Crippen LogP contribution in [0.1, 0.15) is 12.8 Å². The van der Waals surface area contributed by atoms with E-state index in [0.717, 1.165) is 5.69 Å². The van der Waals surface area contributed by atoms with Crippen LogP contribution in [0.5, 0.6) is 0 Å². The number of primary amides is 1. The number of β-lactam (4-membered cyclic amide) rings is 1. The molecule has 1 spiro atoms. The molecule has 94 valence electrons. The lowest BCUT2D eigenvalue weighted by atomic mass is 9.88. The molecule has 18 heavy (non-hydrogen) atoms. The van der Waals surface area contributed by atoms with Crippen LogP contribution in [-0.4, -0.2) is 29.9 Å². The molecule has 0 aromatic heterocycles. The lowest BCUT2D eigenvalue weighted by Gasteiger charge is -2.46. The van der Waals surface area contributed by atoms with Crippen molar-refractivity contribution in [2.45, 2.75) is 24.4 Å². The zero-order valence-corrected chi connectivity index (χ0v) is 9.93. The summed E-state index contributed by atoms with van der Waals surface area (Å²) in [6.45, 7) is 0.588. The first kappa shape index (κ1) is 11.1. The van der Waals surface area contributed by atoms with Gasteiger partial charge < -0.3 is 16.0 Å². The summed E-state index contributed by atoms with van der Waals surface area (Å²) < 4.78 is 0. The zero-order valence-electron chi connectivity index (χ0n) is 9.93. The van der Waals surface area contributed by atoms with Crippen molar-refractivity contribution in [3.05, 3.63) is 30.3 Å². The largest absolute Gasteiger partial charge is 0.368 e. The monoisotopic (exact) mass is 245 g/mol. The first-order valence-electron chi connectivity index (χ1n) is 6.07. The first-order chi connectivity index (χ1) is 8.65. The second kappa shape index (κ2) is 3.73. The SMILES string of the molecule is NC(=O)C1CCC2(CNC2=O)N1c1ccccc1. The minimum atomic E-state index is -0.568. The zero-order chi connectivity index (χ0) is 12.8. The highest BCUT2D eigenvalue weighted by atomic mass is 16.2. The summed E-state index contributed by atoms with van der Waals surface area (Å²) in [5.74, 6) is -0.370. The first-order valence-corrected chi connectivity index (χ1v) is 6.07. The number of nitrogens with two attached hydrogens (primary N) is 1. The number of carbonyl (C=O) groups excluding carboxylic acids is 2. The topological polar surface area (TPSA) is 75.4 Å². The standard InChI is InChI=1S/C13H15N3O2/c14-11(17)10-6-7-13(8-15-12(13)18)16(10)9-4-2-1-3-5-9/h1-5,10H,6-8H2,(H2,14,17)(H,15,18). The van der Waals surface area contributed by atoms with Crippen molar-refractivity contribution in [1.82, 2.24) is 5.32 Å². The van der Waals surface area contributed by atoms with Gasteiger partial charge in [0.1, 0.15) is 11.6 Å². The average Bonchev–Trinajstić information content (AvgIpc) is 2.80. The highest BCUT2D eigenvalue weighted by Crippen LogP contribution is 2.41. The Labute approximate surface area is 105 Å². The molecule has 1 aromatic rings. The minimum absolute atomic E-state index is 0.00453. The summed E-state index contributed by atoms with van der Waals surface area (Å²) in [6, 6.07) is 9.14. The number of anilines is 1. The second-order valence-corrected chi connectivity index (χ2v) is 4.88. The molecule has 5 heteroatoms. The van der Waals surface area contributed by atoms with Crippen LogP contribution >= 0.6 is 0 Å². The Morgan fingerprint density at radius 2 is 2.11 bits per heavy atom. The maximum atomic E-state index is 11.9. The number of para-hydroxylation sites is 1. The molecular weight excluding hydrogens is 230 g/mol.